The molecular formula is C22H18N4O3S. The van der Waals surface area contributed by atoms with Crippen LogP contribution >= 0.6 is 12.2 Å². The molecule has 0 aliphatic carbocycles. The highest BCUT2D eigenvalue weighted by Gasteiger charge is 2.09. The van der Waals surface area contributed by atoms with E-state index in [9.17, 15) is 10.2 Å². The number of phenols is 2. The van der Waals surface area contributed by atoms with Gasteiger partial charge in [-0.15, -0.1) is 0 Å². The van der Waals surface area contributed by atoms with Crippen molar-refractivity contribution in [2.45, 2.75) is 6.61 Å². The Morgan fingerprint density at radius 2 is 1.80 bits per heavy atom. The normalized spacial score (nSPS) is 11.1. The summed E-state index contributed by atoms with van der Waals surface area (Å²) in [5.74, 6) is 1.14. The summed E-state index contributed by atoms with van der Waals surface area (Å²) >= 11 is 5.27. The van der Waals surface area contributed by atoms with Crippen LogP contribution in [0.2, 0.25) is 0 Å². The van der Waals surface area contributed by atoms with Crippen molar-refractivity contribution in [2.24, 2.45) is 5.10 Å². The molecule has 0 spiro atoms. The van der Waals surface area contributed by atoms with E-state index in [1.165, 1.54) is 23.0 Å². The lowest BCUT2D eigenvalue weighted by Crippen LogP contribution is -1.97. The van der Waals surface area contributed by atoms with Gasteiger partial charge in [0, 0.05) is 17.2 Å². The molecule has 0 atom stereocenters. The van der Waals surface area contributed by atoms with Gasteiger partial charge in [-0.25, -0.2) is 5.10 Å². The molecule has 0 saturated heterocycles. The van der Waals surface area contributed by atoms with E-state index >= 15 is 0 Å². The fraction of sp³-hybridized carbons (Fsp3) is 0.0455. The third-order valence-electron chi connectivity index (χ3n) is 4.34. The molecule has 0 fully saturated rings. The van der Waals surface area contributed by atoms with Crippen molar-refractivity contribution in [1.29, 1.82) is 0 Å². The maximum absolute atomic E-state index is 9.92. The van der Waals surface area contributed by atoms with E-state index in [0.717, 1.165) is 16.9 Å². The third kappa shape index (κ3) is 4.39. The number of hydrogen-bond donors (Lipinski definition) is 3. The number of nitrogens with zero attached hydrogens (tertiary/aromatic N) is 3. The first kappa shape index (κ1) is 19.4. The fourth-order valence-electron chi connectivity index (χ4n) is 2.79. The number of aromatic hydroxyl groups is 2. The van der Waals surface area contributed by atoms with Crippen molar-refractivity contribution in [2.75, 3.05) is 0 Å². The number of phenolic OH excluding ortho intramolecular Hbond substituents is 2. The zero-order valence-corrected chi connectivity index (χ0v) is 16.6. The fourth-order valence-corrected chi connectivity index (χ4v) is 2.97. The minimum Gasteiger partial charge on any atom is -0.508 e. The molecule has 0 amide bonds. The highest BCUT2D eigenvalue weighted by Crippen LogP contribution is 2.23. The number of benzene rings is 3. The first-order chi connectivity index (χ1) is 14.6. The lowest BCUT2D eigenvalue weighted by atomic mass is 10.2. The van der Waals surface area contributed by atoms with Gasteiger partial charge in [0.05, 0.1) is 6.21 Å². The Morgan fingerprint density at radius 1 is 1.03 bits per heavy atom. The molecule has 3 aromatic carbocycles. The summed E-state index contributed by atoms with van der Waals surface area (Å²) in [5, 5.41) is 30.6. The molecule has 0 saturated carbocycles. The van der Waals surface area contributed by atoms with Crippen LogP contribution in [0, 0.1) is 4.77 Å². The van der Waals surface area contributed by atoms with Gasteiger partial charge in [-0.2, -0.15) is 14.9 Å². The second-order valence-corrected chi connectivity index (χ2v) is 6.84. The molecule has 1 aromatic heterocycles. The Labute approximate surface area is 177 Å². The van der Waals surface area contributed by atoms with Gasteiger partial charge in [-0.1, -0.05) is 30.3 Å². The summed E-state index contributed by atoms with van der Waals surface area (Å²) in [4.78, 5) is 0. The number of aromatic amines is 1. The molecule has 150 valence electrons. The Kier molecular flexibility index (Phi) is 5.58. The molecule has 0 bridgehead atoms. The maximum Gasteiger partial charge on any atom is 0.216 e. The van der Waals surface area contributed by atoms with E-state index in [2.05, 4.69) is 15.3 Å². The van der Waals surface area contributed by atoms with E-state index in [1.807, 2.05) is 54.6 Å². The van der Waals surface area contributed by atoms with E-state index < -0.39 is 0 Å². The Balaban J connectivity index is 1.53. The zero-order chi connectivity index (χ0) is 20.9. The largest absolute Gasteiger partial charge is 0.508 e. The van der Waals surface area contributed by atoms with Crippen molar-refractivity contribution < 1.29 is 14.9 Å². The average molecular weight is 418 g/mol. The van der Waals surface area contributed by atoms with E-state index in [0.29, 0.717) is 22.8 Å². The quantitative estimate of drug-likeness (QED) is 0.317. The smallest absolute Gasteiger partial charge is 0.216 e. The predicted octanol–water partition coefficient (Wildman–Crippen LogP) is 4.48. The van der Waals surface area contributed by atoms with Crippen LogP contribution in [-0.4, -0.2) is 31.3 Å². The van der Waals surface area contributed by atoms with E-state index in [-0.39, 0.29) is 11.5 Å². The van der Waals surface area contributed by atoms with Crippen LogP contribution in [0.5, 0.6) is 17.2 Å². The highest BCUT2D eigenvalue weighted by atomic mass is 32.1. The molecular weight excluding hydrogens is 400 g/mol. The van der Waals surface area contributed by atoms with Gasteiger partial charge in [0.25, 0.3) is 0 Å². The summed E-state index contributed by atoms with van der Waals surface area (Å²) in [7, 11) is 0. The van der Waals surface area contributed by atoms with Crippen LogP contribution in [0.25, 0.3) is 11.4 Å². The Hall–Kier alpha value is -3.91. The minimum absolute atomic E-state index is 0.0279. The monoisotopic (exact) mass is 418 g/mol. The molecule has 7 nitrogen and oxygen atoms in total. The molecule has 30 heavy (non-hydrogen) atoms. The molecule has 8 heteroatoms. The first-order valence-electron chi connectivity index (χ1n) is 9.11. The maximum atomic E-state index is 9.92. The highest BCUT2D eigenvalue weighted by molar-refractivity contribution is 7.71. The van der Waals surface area contributed by atoms with Crippen molar-refractivity contribution in [3.05, 3.63) is 88.7 Å². The number of nitrogens with one attached hydrogen (secondary N) is 1. The zero-order valence-electron chi connectivity index (χ0n) is 15.8. The number of aromatic nitrogens is 3. The second kappa shape index (κ2) is 8.62. The number of rotatable bonds is 6. The van der Waals surface area contributed by atoms with Crippen LogP contribution in [0.15, 0.2) is 77.9 Å². The van der Waals surface area contributed by atoms with Crippen LogP contribution in [0.4, 0.5) is 0 Å². The third-order valence-corrected chi connectivity index (χ3v) is 4.60. The van der Waals surface area contributed by atoms with Gasteiger partial charge in [-0.05, 0) is 54.2 Å². The summed E-state index contributed by atoms with van der Waals surface area (Å²) in [5.41, 5.74) is 2.32. The van der Waals surface area contributed by atoms with Crippen LogP contribution < -0.4 is 4.74 Å². The molecule has 3 N–H and O–H groups in total. The van der Waals surface area contributed by atoms with Gasteiger partial charge < -0.3 is 14.9 Å². The molecule has 4 aromatic rings. The molecule has 4 rings (SSSR count). The molecule has 0 radical (unpaired) electrons. The first-order valence-corrected chi connectivity index (χ1v) is 9.52. The Morgan fingerprint density at radius 3 is 2.53 bits per heavy atom. The summed E-state index contributed by atoms with van der Waals surface area (Å²) in [6, 6.07) is 21.6. The van der Waals surface area contributed by atoms with Crippen LogP contribution in [0.1, 0.15) is 11.1 Å². The van der Waals surface area contributed by atoms with Crippen LogP contribution in [-0.2, 0) is 6.61 Å². The molecule has 0 unspecified atom stereocenters. The summed E-state index contributed by atoms with van der Waals surface area (Å²) in [6.45, 7) is 0.485. The van der Waals surface area contributed by atoms with E-state index in [4.69, 9.17) is 17.0 Å². The van der Waals surface area contributed by atoms with Gasteiger partial charge in [0.1, 0.15) is 23.9 Å². The van der Waals surface area contributed by atoms with Crippen molar-refractivity contribution >= 4 is 18.4 Å². The van der Waals surface area contributed by atoms with Gasteiger partial charge in [-0.3, -0.25) is 0 Å². The molecule has 0 aliphatic heterocycles. The number of H-pyrrole nitrogens is 1. The summed E-state index contributed by atoms with van der Waals surface area (Å²) in [6.07, 6.45) is 1.45. The van der Waals surface area contributed by atoms with Crippen LogP contribution in [0.3, 0.4) is 0 Å². The SMILES string of the molecule is Oc1ccc(/C=N/n2c(-c3ccc(OCc4ccccc4)cc3)n[nH]c2=S)c(O)c1. The van der Waals surface area contributed by atoms with Crippen molar-refractivity contribution in [3.8, 4) is 28.6 Å². The lowest BCUT2D eigenvalue weighted by Gasteiger charge is -2.07. The molecule has 0 aliphatic rings. The topological polar surface area (TPSA) is 95.7 Å². The van der Waals surface area contributed by atoms with Gasteiger partial charge in [0.15, 0.2) is 5.82 Å². The van der Waals surface area contributed by atoms with Gasteiger partial charge >= 0.3 is 0 Å². The van der Waals surface area contributed by atoms with E-state index in [1.54, 1.807) is 6.07 Å². The predicted molar refractivity (Wildman–Crippen MR) is 116 cm³/mol. The lowest BCUT2D eigenvalue weighted by molar-refractivity contribution is 0.306. The Bertz CT molecular complexity index is 1230. The van der Waals surface area contributed by atoms with Crippen molar-refractivity contribution in [1.82, 2.24) is 14.9 Å². The van der Waals surface area contributed by atoms with Crippen molar-refractivity contribution in [3.63, 3.8) is 0 Å². The number of hydrogen-bond acceptors (Lipinski definition) is 6. The summed E-state index contributed by atoms with van der Waals surface area (Å²) < 4.78 is 7.58. The standard InChI is InChI=1S/C22H18N4O3S/c27-18-9-6-17(20(28)12-18)13-23-26-21(24-25-22(26)30)16-7-10-19(11-8-16)29-14-15-4-2-1-3-5-15/h1-13,27-28H,14H2,(H,25,30)/b23-13+. The molecule has 1 heterocycles. The minimum atomic E-state index is -0.0877. The second-order valence-electron chi connectivity index (χ2n) is 6.45. The number of ether oxygens (including phenoxy) is 1. The average Bonchev–Trinajstić information content (AvgIpc) is 3.13. The van der Waals surface area contributed by atoms with Gasteiger partial charge in [0.2, 0.25) is 4.77 Å².